The first-order valence-electron chi connectivity index (χ1n) is 10.0. The Labute approximate surface area is 161 Å². The average Bonchev–Trinajstić information content (AvgIpc) is 3.12. The highest BCUT2D eigenvalue weighted by molar-refractivity contribution is 5.55. The molecule has 0 aliphatic carbocycles. The monoisotopic (exact) mass is 367 g/mol. The molecular formula is C21H29N5O. The molecule has 4 heterocycles. The molecule has 4 rings (SSSR count). The number of nitrogens with one attached hydrogen (secondary N) is 1. The summed E-state index contributed by atoms with van der Waals surface area (Å²) in [6.07, 6.45) is 6.56. The summed E-state index contributed by atoms with van der Waals surface area (Å²) >= 11 is 0. The summed E-state index contributed by atoms with van der Waals surface area (Å²) in [6.45, 7) is 8.15. The standard InChI is InChI=1S/C21H29N5O/c1-15-5-3-9-22-21(15)25-20-13-18(23-16(2)24-20)19-6-4-10-26(19)14-17-7-11-27-12-8-17/h3,5,9,13,17,19H,4,6-8,10-12,14H2,1-2H3,(H,22,23,24,25)/t19-/m1/s1. The largest absolute Gasteiger partial charge is 0.381 e. The van der Waals surface area contributed by atoms with E-state index in [1.165, 1.54) is 25.7 Å². The molecule has 27 heavy (non-hydrogen) atoms. The SMILES string of the molecule is Cc1nc(Nc2ncccc2C)cc([C@H]2CCCN2CC2CCOCC2)n1. The van der Waals surface area contributed by atoms with Crippen LogP contribution in [-0.2, 0) is 4.74 Å². The average molecular weight is 367 g/mol. The summed E-state index contributed by atoms with van der Waals surface area (Å²) in [5, 5.41) is 3.38. The molecule has 2 aromatic rings. The molecule has 2 fully saturated rings. The maximum Gasteiger partial charge on any atom is 0.135 e. The minimum atomic E-state index is 0.389. The van der Waals surface area contributed by atoms with Crippen LogP contribution < -0.4 is 5.32 Å². The minimum Gasteiger partial charge on any atom is -0.381 e. The van der Waals surface area contributed by atoms with E-state index in [2.05, 4.69) is 39.2 Å². The van der Waals surface area contributed by atoms with Crippen LogP contribution in [0.1, 0.15) is 48.8 Å². The third kappa shape index (κ3) is 4.45. The van der Waals surface area contributed by atoms with Crippen LogP contribution in [0.15, 0.2) is 24.4 Å². The van der Waals surface area contributed by atoms with Crippen LogP contribution in [0, 0.1) is 19.8 Å². The van der Waals surface area contributed by atoms with E-state index in [1.54, 1.807) is 6.20 Å². The summed E-state index contributed by atoms with van der Waals surface area (Å²) in [6, 6.07) is 6.49. The molecule has 1 atom stereocenters. The molecule has 0 bridgehead atoms. The van der Waals surface area contributed by atoms with Crippen LogP contribution in [0.3, 0.4) is 0 Å². The Balaban J connectivity index is 1.52. The second-order valence-corrected chi connectivity index (χ2v) is 7.73. The van der Waals surface area contributed by atoms with Crippen LogP contribution in [0.5, 0.6) is 0 Å². The molecule has 1 N–H and O–H groups in total. The van der Waals surface area contributed by atoms with Crippen molar-refractivity contribution in [3.63, 3.8) is 0 Å². The van der Waals surface area contributed by atoms with Gasteiger partial charge < -0.3 is 10.1 Å². The number of ether oxygens (including phenoxy) is 1. The van der Waals surface area contributed by atoms with Crippen molar-refractivity contribution >= 4 is 11.6 Å². The van der Waals surface area contributed by atoms with E-state index in [4.69, 9.17) is 9.72 Å². The highest BCUT2D eigenvalue weighted by Gasteiger charge is 2.30. The van der Waals surface area contributed by atoms with Crippen molar-refractivity contribution < 1.29 is 4.74 Å². The number of nitrogens with zero attached hydrogens (tertiary/aromatic N) is 4. The smallest absolute Gasteiger partial charge is 0.135 e. The molecule has 6 heteroatoms. The van der Waals surface area contributed by atoms with Gasteiger partial charge in [0, 0.05) is 32.0 Å². The topological polar surface area (TPSA) is 63.2 Å². The zero-order valence-electron chi connectivity index (χ0n) is 16.3. The van der Waals surface area contributed by atoms with Gasteiger partial charge in [-0.3, -0.25) is 4.90 Å². The van der Waals surface area contributed by atoms with E-state index in [9.17, 15) is 0 Å². The van der Waals surface area contributed by atoms with Gasteiger partial charge in [-0.05, 0) is 63.6 Å². The van der Waals surface area contributed by atoms with E-state index in [0.717, 1.165) is 60.9 Å². The van der Waals surface area contributed by atoms with E-state index in [1.807, 2.05) is 13.0 Å². The molecule has 6 nitrogen and oxygen atoms in total. The number of pyridine rings is 1. The summed E-state index contributed by atoms with van der Waals surface area (Å²) in [7, 11) is 0. The molecule has 2 saturated heterocycles. The molecule has 144 valence electrons. The van der Waals surface area contributed by atoms with Gasteiger partial charge in [-0.15, -0.1) is 0 Å². The third-order valence-electron chi connectivity index (χ3n) is 5.65. The first-order valence-corrected chi connectivity index (χ1v) is 10.0. The fourth-order valence-corrected chi connectivity index (χ4v) is 4.20. The number of anilines is 2. The van der Waals surface area contributed by atoms with E-state index in [-0.39, 0.29) is 0 Å². The van der Waals surface area contributed by atoms with Gasteiger partial charge in [-0.2, -0.15) is 0 Å². The summed E-state index contributed by atoms with van der Waals surface area (Å²) in [4.78, 5) is 16.4. The fraction of sp³-hybridized carbons (Fsp3) is 0.571. The molecule has 0 aromatic carbocycles. The van der Waals surface area contributed by atoms with Crippen molar-refractivity contribution in [2.24, 2.45) is 5.92 Å². The Bertz CT molecular complexity index is 775. The lowest BCUT2D eigenvalue weighted by molar-refractivity contribution is 0.0504. The quantitative estimate of drug-likeness (QED) is 0.867. The van der Waals surface area contributed by atoms with Crippen LogP contribution in [0.4, 0.5) is 11.6 Å². The van der Waals surface area contributed by atoms with Crippen LogP contribution in [0.2, 0.25) is 0 Å². The lowest BCUT2D eigenvalue weighted by Crippen LogP contribution is -2.32. The van der Waals surface area contributed by atoms with E-state index >= 15 is 0 Å². The Kier molecular flexibility index (Phi) is 5.64. The van der Waals surface area contributed by atoms with Crippen molar-refractivity contribution in [3.8, 4) is 0 Å². The Morgan fingerprint density at radius 2 is 2.04 bits per heavy atom. The van der Waals surface area contributed by atoms with Crippen molar-refractivity contribution in [1.82, 2.24) is 19.9 Å². The number of hydrogen-bond donors (Lipinski definition) is 1. The normalized spacial score (nSPS) is 21.5. The van der Waals surface area contributed by atoms with Gasteiger partial charge in [0.1, 0.15) is 17.5 Å². The number of likely N-dealkylation sites (tertiary alicyclic amines) is 1. The summed E-state index contributed by atoms with van der Waals surface area (Å²) in [5.41, 5.74) is 2.24. The first kappa shape index (κ1) is 18.3. The third-order valence-corrected chi connectivity index (χ3v) is 5.65. The maximum atomic E-state index is 5.52. The maximum absolute atomic E-state index is 5.52. The van der Waals surface area contributed by atoms with Gasteiger partial charge in [0.05, 0.1) is 11.7 Å². The van der Waals surface area contributed by atoms with Crippen molar-refractivity contribution in [2.45, 2.75) is 45.6 Å². The highest BCUT2D eigenvalue weighted by atomic mass is 16.5. The molecule has 2 aliphatic rings. The Hall–Kier alpha value is -2.05. The van der Waals surface area contributed by atoms with Crippen LogP contribution in [-0.4, -0.2) is 46.2 Å². The van der Waals surface area contributed by atoms with Gasteiger partial charge >= 0.3 is 0 Å². The highest BCUT2D eigenvalue weighted by Crippen LogP contribution is 2.34. The molecule has 2 aliphatic heterocycles. The van der Waals surface area contributed by atoms with Gasteiger partial charge in [-0.25, -0.2) is 15.0 Å². The van der Waals surface area contributed by atoms with Crippen molar-refractivity contribution in [1.29, 1.82) is 0 Å². The predicted octanol–water partition coefficient (Wildman–Crippen LogP) is 3.80. The Morgan fingerprint density at radius 1 is 1.19 bits per heavy atom. The van der Waals surface area contributed by atoms with Gasteiger partial charge in [-0.1, -0.05) is 6.07 Å². The fourth-order valence-electron chi connectivity index (χ4n) is 4.20. The van der Waals surface area contributed by atoms with Crippen LogP contribution >= 0.6 is 0 Å². The van der Waals surface area contributed by atoms with E-state index < -0.39 is 0 Å². The lowest BCUT2D eigenvalue weighted by Gasteiger charge is -2.30. The lowest BCUT2D eigenvalue weighted by atomic mass is 9.99. The van der Waals surface area contributed by atoms with Gasteiger partial charge in [0.2, 0.25) is 0 Å². The number of aryl methyl sites for hydroxylation is 2. The van der Waals surface area contributed by atoms with Crippen molar-refractivity contribution in [3.05, 3.63) is 41.5 Å². The molecule has 0 unspecified atom stereocenters. The Morgan fingerprint density at radius 3 is 2.85 bits per heavy atom. The molecule has 2 aromatic heterocycles. The molecule has 0 saturated carbocycles. The minimum absolute atomic E-state index is 0.389. The van der Waals surface area contributed by atoms with Gasteiger partial charge in [0.15, 0.2) is 0 Å². The second-order valence-electron chi connectivity index (χ2n) is 7.73. The second kappa shape index (κ2) is 8.31. The molecule has 0 amide bonds. The summed E-state index contributed by atoms with van der Waals surface area (Å²) in [5.74, 6) is 3.24. The predicted molar refractivity (Wildman–Crippen MR) is 106 cm³/mol. The number of rotatable bonds is 5. The van der Waals surface area contributed by atoms with Crippen molar-refractivity contribution in [2.75, 3.05) is 31.6 Å². The molecule has 0 radical (unpaired) electrons. The van der Waals surface area contributed by atoms with E-state index in [0.29, 0.717) is 6.04 Å². The first-order chi connectivity index (χ1) is 13.2. The number of aromatic nitrogens is 3. The van der Waals surface area contributed by atoms with Crippen LogP contribution in [0.25, 0.3) is 0 Å². The molecular weight excluding hydrogens is 338 g/mol. The summed E-state index contributed by atoms with van der Waals surface area (Å²) < 4.78 is 5.52. The molecule has 0 spiro atoms. The number of hydrogen-bond acceptors (Lipinski definition) is 6. The zero-order chi connectivity index (χ0) is 18.6. The zero-order valence-corrected chi connectivity index (χ0v) is 16.3. The van der Waals surface area contributed by atoms with Gasteiger partial charge in [0.25, 0.3) is 0 Å².